The summed E-state index contributed by atoms with van der Waals surface area (Å²) >= 11 is 5.85. The van der Waals surface area contributed by atoms with Crippen molar-refractivity contribution < 1.29 is 23.9 Å². The predicted molar refractivity (Wildman–Crippen MR) is 104 cm³/mol. The van der Waals surface area contributed by atoms with E-state index in [-0.39, 0.29) is 16.3 Å². The van der Waals surface area contributed by atoms with Gasteiger partial charge in [0.15, 0.2) is 0 Å². The molecule has 0 atom stereocenters. The first-order valence-electron chi connectivity index (χ1n) is 8.47. The summed E-state index contributed by atoms with van der Waals surface area (Å²) in [6.45, 7) is 0. The Hall–Kier alpha value is -3.84. The lowest BCUT2D eigenvalue weighted by molar-refractivity contribution is -0.255. The minimum Gasteiger partial charge on any atom is -0.545 e. The van der Waals surface area contributed by atoms with Crippen molar-refractivity contribution in [2.75, 3.05) is 4.90 Å². The zero-order chi connectivity index (χ0) is 20.5. The van der Waals surface area contributed by atoms with Gasteiger partial charge in [-0.15, -0.1) is 0 Å². The van der Waals surface area contributed by atoms with Gasteiger partial charge in [0.2, 0.25) is 0 Å². The second kappa shape index (κ2) is 7.29. The Bertz CT molecular complexity index is 1170. The van der Waals surface area contributed by atoms with E-state index in [2.05, 4.69) is 5.32 Å². The number of hydrogen-bond donors (Lipinski definition) is 1. The molecule has 1 aliphatic rings. The maximum atomic E-state index is 12.6. The van der Waals surface area contributed by atoms with Gasteiger partial charge in [-0.3, -0.25) is 4.79 Å². The highest BCUT2D eigenvalue weighted by atomic mass is 35.5. The van der Waals surface area contributed by atoms with Crippen molar-refractivity contribution in [2.24, 2.45) is 0 Å². The van der Waals surface area contributed by atoms with Gasteiger partial charge in [0.25, 0.3) is 5.91 Å². The van der Waals surface area contributed by atoms with Gasteiger partial charge in [-0.2, -0.15) is 0 Å². The monoisotopic (exact) mass is 407 g/mol. The number of halogens is 1. The van der Waals surface area contributed by atoms with Crippen molar-refractivity contribution in [1.29, 1.82) is 0 Å². The van der Waals surface area contributed by atoms with Crippen molar-refractivity contribution in [3.63, 3.8) is 0 Å². The average molecular weight is 408 g/mol. The number of anilines is 1. The summed E-state index contributed by atoms with van der Waals surface area (Å²) in [6.07, 6.45) is 1.41. The number of urea groups is 1. The van der Waals surface area contributed by atoms with Crippen LogP contribution in [-0.2, 0) is 4.79 Å². The molecule has 0 radical (unpaired) electrons. The van der Waals surface area contributed by atoms with Crippen molar-refractivity contribution in [2.45, 2.75) is 0 Å². The Morgan fingerprint density at radius 2 is 1.83 bits per heavy atom. The number of nitrogens with zero attached hydrogens (tertiary/aromatic N) is 1. The van der Waals surface area contributed by atoms with Crippen molar-refractivity contribution in [3.8, 4) is 11.3 Å². The lowest BCUT2D eigenvalue weighted by Crippen LogP contribution is -2.30. The molecule has 1 N–H and O–H groups in total. The molecule has 2 aromatic carbocycles. The van der Waals surface area contributed by atoms with Crippen LogP contribution in [-0.4, -0.2) is 17.9 Å². The maximum Gasteiger partial charge on any atom is 0.333 e. The Morgan fingerprint density at radius 3 is 2.55 bits per heavy atom. The topological polar surface area (TPSA) is 103 Å². The summed E-state index contributed by atoms with van der Waals surface area (Å²) in [5.41, 5.74) is 0.837. The van der Waals surface area contributed by atoms with Crippen LogP contribution < -0.4 is 15.3 Å². The summed E-state index contributed by atoms with van der Waals surface area (Å²) in [7, 11) is 0. The van der Waals surface area contributed by atoms with Crippen LogP contribution in [0.1, 0.15) is 16.1 Å². The van der Waals surface area contributed by atoms with E-state index >= 15 is 0 Å². The van der Waals surface area contributed by atoms with E-state index in [1.807, 2.05) is 0 Å². The number of rotatable bonds is 4. The molecule has 3 aromatic rings. The van der Waals surface area contributed by atoms with Gasteiger partial charge in [0.05, 0.1) is 11.7 Å². The highest BCUT2D eigenvalue weighted by Gasteiger charge is 2.34. The van der Waals surface area contributed by atoms with E-state index in [4.69, 9.17) is 16.0 Å². The Kier molecular flexibility index (Phi) is 4.66. The highest BCUT2D eigenvalue weighted by Crippen LogP contribution is 2.28. The summed E-state index contributed by atoms with van der Waals surface area (Å²) in [5.74, 6) is -1.23. The van der Waals surface area contributed by atoms with Gasteiger partial charge in [0.1, 0.15) is 17.2 Å². The molecule has 0 saturated carbocycles. The largest absolute Gasteiger partial charge is 0.545 e. The highest BCUT2D eigenvalue weighted by molar-refractivity contribution is 6.33. The Labute approximate surface area is 169 Å². The molecule has 0 unspecified atom stereocenters. The van der Waals surface area contributed by atoms with Crippen molar-refractivity contribution in [3.05, 3.63) is 82.7 Å². The van der Waals surface area contributed by atoms with Crippen LogP contribution in [0.15, 0.2) is 70.8 Å². The van der Waals surface area contributed by atoms with Crippen LogP contribution in [0.4, 0.5) is 10.5 Å². The maximum absolute atomic E-state index is 12.6. The molecular weight excluding hydrogens is 396 g/mol. The number of benzene rings is 2. The molecule has 8 heteroatoms. The number of carbonyl (C=O) groups excluding carboxylic acids is 3. The molecule has 144 valence electrons. The first kappa shape index (κ1) is 18.5. The van der Waals surface area contributed by atoms with Gasteiger partial charge in [-0.25, -0.2) is 9.69 Å². The van der Waals surface area contributed by atoms with E-state index in [9.17, 15) is 19.5 Å². The normalized spacial score (nSPS) is 15.1. The van der Waals surface area contributed by atoms with Crippen LogP contribution >= 0.6 is 11.6 Å². The number of nitrogens with one attached hydrogen (secondary N) is 1. The summed E-state index contributed by atoms with van der Waals surface area (Å²) < 4.78 is 5.68. The summed E-state index contributed by atoms with van der Waals surface area (Å²) in [5, 5.41) is 13.7. The molecule has 0 bridgehead atoms. The number of carboxylic acids is 1. The SMILES string of the molecule is O=C([O-])c1cc(-c2ccc(/C=C3/NC(=O)N(c4ccccc4)C3=O)o2)ccc1Cl. The minimum absolute atomic E-state index is 0.0583. The van der Waals surface area contributed by atoms with Gasteiger partial charge < -0.3 is 19.6 Å². The molecule has 29 heavy (non-hydrogen) atoms. The van der Waals surface area contributed by atoms with E-state index < -0.39 is 17.9 Å². The number of carboxylic acid groups (broad SMARTS) is 1. The summed E-state index contributed by atoms with van der Waals surface area (Å²) in [6, 6.07) is 15.6. The zero-order valence-corrected chi connectivity index (χ0v) is 15.5. The molecule has 7 nitrogen and oxygen atoms in total. The van der Waals surface area contributed by atoms with Gasteiger partial charge in [0, 0.05) is 22.2 Å². The lowest BCUT2D eigenvalue weighted by Gasteiger charge is -2.10. The van der Waals surface area contributed by atoms with Crippen LogP contribution in [0, 0.1) is 0 Å². The van der Waals surface area contributed by atoms with E-state index in [0.717, 1.165) is 4.90 Å². The first-order chi connectivity index (χ1) is 13.9. The van der Waals surface area contributed by atoms with Gasteiger partial charge in [-0.1, -0.05) is 29.8 Å². The predicted octanol–water partition coefficient (Wildman–Crippen LogP) is 3.06. The second-order valence-corrected chi connectivity index (χ2v) is 6.56. The molecule has 1 aliphatic heterocycles. The Balaban J connectivity index is 1.62. The van der Waals surface area contributed by atoms with E-state index in [0.29, 0.717) is 22.8 Å². The van der Waals surface area contributed by atoms with Crippen LogP contribution in [0.25, 0.3) is 17.4 Å². The molecule has 4 rings (SSSR count). The second-order valence-electron chi connectivity index (χ2n) is 6.15. The lowest BCUT2D eigenvalue weighted by atomic mass is 10.1. The van der Waals surface area contributed by atoms with Gasteiger partial charge >= 0.3 is 6.03 Å². The average Bonchev–Trinajstić information content (AvgIpc) is 3.27. The standard InChI is InChI=1S/C21H13ClN2O5/c22-16-8-6-12(10-15(16)20(26)27)18-9-7-14(29-18)11-17-19(25)24(21(28)23-17)13-4-2-1-3-5-13/h1-11H,(H,23,28)(H,26,27)/p-1/b17-11+. The Morgan fingerprint density at radius 1 is 1.07 bits per heavy atom. The molecule has 1 fully saturated rings. The molecular formula is C21H12ClN2O5-. The smallest absolute Gasteiger partial charge is 0.333 e. The number of para-hydroxylation sites is 1. The van der Waals surface area contributed by atoms with Crippen molar-refractivity contribution >= 4 is 41.3 Å². The van der Waals surface area contributed by atoms with E-state index in [1.54, 1.807) is 48.5 Å². The first-order valence-corrected chi connectivity index (χ1v) is 8.85. The minimum atomic E-state index is -1.40. The molecule has 0 spiro atoms. The molecule has 1 aromatic heterocycles. The third-order valence-electron chi connectivity index (χ3n) is 4.28. The van der Waals surface area contributed by atoms with Crippen LogP contribution in [0.2, 0.25) is 5.02 Å². The molecule has 2 heterocycles. The fourth-order valence-corrected chi connectivity index (χ4v) is 3.10. The van der Waals surface area contributed by atoms with Crippen LogP contribution in [0.3, 0.4) is 0 Å². The fraction of sp³-hybridized carbons (Fsp3) is 0. The van der Waals surface area contributed by atoms with E-state index in [1.165, 1.54) is 18.2 Å². The fourth-order valence-electron chi connectivity index (χ4n) is 2.91. The number of aromatic carboxylic acids is 1. The van der Waals surface area contributed by atoms with Gasteiger partial charge in [-0.05, 0) is 42.5 Å². The number of amides is 3. The molecule has 0 aliphatic carbocycles. The number of imide groups is 1. The molecule has 3 amide bonds. The third-order valence-corrected chi connectivity index (χ3v) is 4.61. The number of furan rings is 1. The number of hydrogen-bond acceptors (Lipinski definition) is 5. The number of carbonyl (C=O) groups is 3. The summed E-state index contributed by atoms with van der Waals surface area (Å²) in [4.78, 5) is 37.0. The van der Waals surface area contributed by atoms with Crippen LogP contribution in [0.5, 0.6) is 0 Å². The van der Waals surface area contributed by atoms with Crippen molar-refractivity contribution in [1.82, 2.24) is 5.32 Å². The quantitative estimate of drug-likeness (QED) is 0.529. The molecule has 1 saturated heterocycles. The zero-order valence-electron chi connectivity index (χ0n) is 14.7. The third kappa shape index (κ3) is 3.51.